The van der Waals surface area contributed by atoms with Crippen LogP contribution in [0.1, 0.15) is 13.3 Å². The highest BCUT2D eigenvalue weighted by atomic mass is 19.4. The molecule has 2 unspecified atom stereocenters. The molecular formula is C10H21F3N4O. The lowest BCUT2D eigenvalue weighted by Gasteiger charge is -2.22. The van der Waals surface area contributed by atoms with Crippen LogP contribution in [0.2, 0.25) is 0 Å². The molecule has 0 saturated heterocycles. The van der Waals surface area contributed by atoms with E-state index in [0.29, 0.717) is 6.42 Å². The Morgan fingerprint density at radius 1 is 1.44 bits per heavy atom. The van der Waals surface area contributed by atoms with Crippen LogP contribution in [0.15, 0.2) is 5.16 Å². The molecule has 0 bridgehead atoms. The van der Waals surface area contributed by atoms with E-state index in [2.05, 4.69) is 10.5 Å². The summed E-state index contributed by atoms with van der Waals surface area (Å²) < 4.78 is 37.8. The van der Waals surface area contributed by atoms with Crippen LogP contribution < -0.4 is 11.1 Å². The van der Waals surface area contributed by atoms with Gasteiger partial charge in [0.1, 0.15) is 5.92 Å². The second kappa shape index (κ2) is 7.42. The van der Waals surface area contributed by atoms with E-state index in [4.69, 9.17) is 10.9 Å². The van der Waals surface area contributed by atoms with Gasteiger partial charge >= 0.3 is 6.18 Å². The summed E-state index contributed by atoms with van der Waals surface area (Å²) in [6.07, 6.45) is -3.81. The number of nitrogens with zero attached hydrogens (tertiary/aromatic N) is 2. The van der Waals surface area contributed by atoms with Crippen LogP contribution in [0.25, 0.3) is 0 Å². The minimum absolute atomic E-state index is 0.0799. The average Bonchev–Trinajstić information content (AvgIpc) is 2.24. The molecule has 0 amide bonds. The Morgan fingerprint density at radius 2 is 2.00 bits per heavy atom. The first-order chi connectivity index (χ1) is 8.18. The molecule has 5 nitrogen and oxygen atoms in total. The largest absolute Gasteiger partial charge is 0.409 e. The van der Waals surface area contributed by atoms with E-state index in [9.17, 15) is 13.2 Å². The number of hydrogen-bond donors (Lipinski definition) is 3. The number of nitrogens with two attached hydrogens (primary N) is 1. The Kier molecular flexibility index (Phi) is 7.00. The second-order valence-electron chi connectivity index (χ2n) is 4.52. The first-order valence-corrected chi connectivity index (χ1v) is 5.60. The summed E-state index contributed by atoms with van der Waals surface area (Å²) in [5.74, 6) is -2.79. The van der Waals surface area contributed by atoms with Crippen molar-refractivity contribution < 1.29 is 18.4 Å². The van der Waals surface area contributed by atoms with Crippen molar-refractivity contribution in [2.24, 2.45) is 16.8 Å². The second-order valence-corrected chi connectivity index (χ2v) is 4.52. The minimum Gasteiger partial charge on any atom is -0.409 e. The van der Waals surface area contributed by atoms with E-state index >= 15 is 0 Å². The van der Waals surface area contributed by atoms with Crippen molar-refractivity contribution in [2.45, 2.75) is 25.6 Å². The highest BCUT2D eigenvalue weighted by Gasteiger charge is 2.42. The van der Waals surface area contributed by atoms with Crippen LogP contribution in [0.3, 0.4) is 0 Å². The van der Waals surface area contributed by atoms with Crippen LogP contribution in [-0.2, 0) is 0 Å². The lowest BCUT2D eigenvalue weighted by molar-refractivity contribution is -0.155. The predicted molar refractivity (Wildman–Crippen MR) is 63.6 cm³/mol. The van der Waals surface area contributed by atoms with Crippen LogP contribution in [0.5, 0.6) is 0 Å². The van der Waals surface area contributed by atoms with Crippen molar-refractivity contribution in [2.75, 3.05) is 27.2 Å². The maximum absolute atomic E-state index is 12.6. The first-order valence-electron chi connectivity index (χ1n) is 5.60. The van der Waals surface area contributed by atoms with E-state index in [0.717, 1.165) is 6.54 Å². The van der Waals surface area contributed by atoms with E-state index in [1.165, 1.54) is 0 Å². The summed E-state index contributed by atoms with van der Waals surface area (Å²) in [4.78, 5) is 1.95. The Morgan fingerprint density at radius 3 is 2.39 bits per heavy atom. The highest BCUT2D eigenvalue weighted by Crippen LogP contribution is 2.25. The summed E-state index contributed by atoms with van der Waals surface area (Å²) in [6, 6.07) is -0.0799. The topological polar surface area (TPSA) is 73.9 Å². The molecular weight excluding hydrogens is 249 g/mol. The summed E-state index contributed by atoms with van der Waals surface area (Å²) in [7, 11) is 3.78. The standard InChI is InChI=1S/C10H21F3N4O/c1-7(4-5-17(2)3)15-6-8(9(14)16-18)10(11,12)13/h7-8,15,18H,4-6H2,1-3H3,(H2,14,16). The molecule has 8 heteroatoms. The van der Waals surface area contributed by atoms with Crippen LogP contribution in [-0.4, -0.2) is 55.3 Å². The summed E-state index contributed by atoms with van der Waals surface area (Å²) >= 11 is 0. The van der Waals surface area contributed by atoms with Gasteiger partial charge in [0, 0.05) is 12.6 Å². The zero-order valence-corrected chi connectivity index (χ0v) is 10.8. The predicted octanol–water partition coefficient (Wildman–Crippen LogP) is 0.841. The number of hydrogen-bond acceptors (Lipinski definition) is 4. The van der Waals surface area contributed by atoms with Crippen LogP contribution >= 0.6 is 0 Å². The Bertz CT molecular complexity index is 268. The number of alkyl halides is 3. The van der Waals surface area contributed by atoms with Gasteiger partial charge in [-0.05, 0) is 34.0 Å². The normalized spacial score (nSPS) is 16.9. The molecule has 0 aliphatic carbocycles. The van der Waals surface area contributed by atoms with Gasteiger partial charge in [-0.25, -0.2) is 0 Å². The maximum atomic E-state index is 12.6. The molecule has 0 radical (unpaired) electrons. The number of amidine groups is 1. The van der Waals surface area contributed by atoms with Crippen LogP contribution in [0, 0.1) is 5.92 Å². The van der Waals surface area contributed by atoms with Crippen molar-refractivity contribution >= 4 is 5.84 Å². The molecule has 0 rings (SSSR count). The van der Waals surface area contributed by atoms with Gasteiger partial charge in [-0.2, -0.15) is 13.2 Å². The van der Waals surface area contributed by atoms with Gasteiger partial charge in [0.25, 0.3) is 0 Å². The Labute approximate surface area is 105 Å². The van der Waals surface area contributed by atoms with E-state index in [-0.39, 0.29) is 6.04 Å². The van der Waals surface area contributed by atoms with E-state index in [1.54, 1.807) is 6.92 Å². The lowest BCUT2D eigenvalue weighted by atomic mass is 10.1. The molecule has 2 atom stereocenters. The molecule has 0 spiro atoms. The fourth-order valence-corrected chi connectivity index (χ4v) is 1.33. The number of halogens is 3. The fraction of sp³-hybridized carbons (Fsp3) is 0.900. The molecule has 0 aromatic carbocycles. The smallest absolute Gasteiger partial charge is 0.400 e. The van der Waals surface area contributed by atoms with Gasteiger partial charge in [0.05, 0.1) is 0 Å². The fourth-order valence-electron chi connectivity index (χ4n) is 1.33. The lowest BCUT2D eigenvalue weighted by Crippen LogP contribution is -2.45. The van der Waals surface area contributed by atoms with Gasteiger partial charge in [-0.15, -0.1) is 0 Å². The van der Waals surface area contributed by atoms with Gasteiger partial charge in [0.15, 0.2) is 5.84 Å². The Hall–Kier alpha value is -1.02. The van der Waals surface area contributed by atoms with Gasteiger partial charge in [-0.1, -0.05) is 5.16 Å². The molecule has 108 valence electrons. The summed E-state index contributed by atoms with van der Waals surface area (Å²) in [5.41, 5.74) is 5.04. The van der Waals surface area contributed by atoms with Gasteiger partial charge in [-0.3, -0.25) is 0 Å². The van der Waals surface area contributed by atoms with Crippen molar-refractivity contribution in [1.29, 1.82) is 0 Å². The molecule has 0 fully saturated rings. The SMILES string of the molecule is CC(CCN(C)C)NCC(C(N)=NO)C(F)(F)F. The molecule has 0 aromatic rings. The molecule has 4 N–H and O–H groups in total. The Balaban J connectivity index is 4.28. The van der Waals surface area contributed by atoms with Crippen molar-refractivity contribution in [3.63, 3.8) is 0 Å². The molecule has 0 aliphatic rings. The quantitative estimate of drug-likeness (QED) is 0.277. The van der Waals surface area contributed by atoms with E-state index in [1.807, 2.05) is 19.0 Å². The van der Waals surface area contributed by atoms with Crippen molar-refractivity contribution in [3.8, 4) is 0 Å². The van der Waals surface area contributed by atoms with Gasteiger partial charge in [0.2, 0.25) is 0 Å². The van der Waals surface area contributed by atoms with Crippen molar-refractivity contribution in [1.82, 2.24) is 10.2 Å². The minimum atomic E-state index is -4.52. The molecule has 18 heavy (non-hydrogen) atoms. The van der Waals surface area contributed by atoms with Crippen molar-refractivity contribution in [3.05, 3.63) is 0 Å². The average molecular weight is 270 g/mol. The third kappa shape index (κ3) is 6.65. The number of nitrogens with one attached hydrogen (secondary N) is 1. The molecule has 0 aromatic heterocycles. The monoisotopic (exact) mass is 270 g/mol. The zero-order valence-electron chi connectivity index (χ0n) is 10.8. The third-order valence-electron chi connectivity index (χ3n) is 2.55. The molecule has 0 saturated carbocycles. The van der Waals surface area contributed by atoms with Crippen LogP contribution in [0.4, 0.5) is 13.2 Å². The first kappa shape index (κ1) is 17.0. The number of oxime groups is 1. The summed E-state index contributed by atoms with van der Waals surface area (Å²) in [5, 5.41) is 13.5. The number of rotatable bonds is 7. The highest BCUT2D eigenvalue weighted by molar-refractivity contribution is 5.83. The molecule has 0 aliphatic heterocycles. The zero-order chi connectivity index (χ0) is 14.3. The van der Waals surface area contributed by atoms with Gasteiger partial charge < -0.3 is 21.2 Å². The third-order valence-corrected chi connectivity index (χ3v) is 2.55. The summed E-state index contributed by atoms with van der Waals surface area (Å²) in [6.45, 7) is 2.17. The maximum Gasteiger partial charge on any atom is 0.400 e. The van der Waals surface area contributed by atoms with E-state index < -0.39 is 24.5 Å². The molecule has 0 heterocycles.